The largest absolute Gasteiger partial charge is 0.272 e. The first-order chi connectivity index (χ1) is 12.4. The number of amides is 2. The Morgan fingerprint density at radius 2 is 1.62 bits per heavy atom. The summed E-state index contributed by atoms with van der Waals surface area (Å²) in [6, 6.07) is 15.7. The van der Waals surface area contributed by atoms with E-state index in [4.69, 9.17) is 0 Å². The lowest BCUT2D eigenvalue weighted by atomic mass is 10.1. The fourth-order valence-electron chi connectivity index (χ4n) is 1.89. The molecule has 2 amide bonds. The van der Waals surface area contributed by atoms with Crippen LogP contribution in [0.1, 0.15) is 21.5 Å². The number of sulfonamides is 1. The Morgan fingerprint density at radius 1 is 0.962 bits per heavy atom. The van der Waals surface area contributed by atoms with Gasteiger partial charge < -0.3 is 0 Å². The number of carbonyl (C=O) groups excluding carboxylic acids is 2. The highest BCUT2D eigenvalue weighted by Crippen LogP contribution is 2.03. The highest BCUT2D eigenvalue weighted by molar-refractivity contribution is 7.92. The van der Waals surface area contributed by atoms with Crippen molar-refractivity contribution in [1.29, 1.82) is 0 Å². The molecule has 0 unspecified atom stereocenters. The Balaban J connectivity index is 1.79. The van der Waals surface area contributed by atoms with Crippen molar-refractivity contribution in [3.8, 4) is 0 Å². The van der Waals surface area contributed by atoms with Gasteiger partial charge in [0.2, 0.25) is 10.0 Å². The third kappa shape index (κ3) is 6.50. The number of aryl methyl sites for hydroxylation is 1. The van der Waals surface area contributed by atoms with Gasteiger partial charge in [0.1, 0.15) is 0 Å². The highest BCUT2D eigenvalue weighted by Gasteiger charge is 2.10. The minimum Gasteiger partial charge on any atom is -0.272 e. The predicted molar refractivity (Wildman–Crippen MR) is 99.2 cm³/mol. The van der Waals surface area contributed by atoms with Crippen LogP contribution in [0.15, 0.2) is 60.0 Å². The SMILES string of the molecule is Cc1ccc(C(=O)NNC(=O)CNS(=O)(=O)C=Cc2ccccc2)cc1. The fourth-order valence-corrected chi connectivity index (χ4v) is 2.66. The number of benzene rings is 2. The van der Waals surface area contributed by atoms with Crippen LogP contribution in [-0.4, -0.2) is 26.8 Å². The van der Waals surface area contributed by atoms with Gasteiger partial charge in [0.15, 0.2) is 0 Å². The van der Waals surface area contributed by atoms with E-state index in [1.54, 1.807) is 48.5 Å². The summed E-state index contributed by atoms with van der Waals surface area (Å²) >= 11 is 0. The maximum atomic E-state index is 11.8. The number of hydrazine groups is 1. The molecule has 2 rings (SSSR count). The molecule has 0 saturated heterocycles. The molecule has 136 valence electrons. The molecule has 0 aromatic heterocycles. The average Bonchev–Trinajstić information content (AvgIpc) is 2.64. The van der Waals surface area contributed by atoms with Gasteiger partial charge in [-0.3, -0.25) is 20.4 Å². The summed E-state index contributed by atoms with van der Waals surface area (Å²) in [6.45, 7) is 1.39. The molecule has 0 fully saturated rings. The fraction of sp³-hybridized carbons (Fsp3) is 0.111. The van der Waals surface area contributed by atoms with E-state index in [2.05, 4.69) is 15.6 Å². The first-order valence-electron chi connectivity index (χ1n) is 7.74. The van der Waals surface area contributed by atoms with Crippen molar-refractivity contribution in [2.75, 3.05) is 6.54 Å². The normalized spacial score (nSPS) is 11.3. The van der Waals surface area contributed by atoms with E-state index < -0.39 is 28.4 Å². The number of hydrogen-bond acceptors (Lipinski definition) is 4. The topological polar surface area (TPSA) is 104 Å². The molecule has 2 aromatic carbocycles. The molecule has 0 saturated carbocycles. The van der Waals surface area contributed by atoms with Crippen LogP contribution in [-0.2, 0) is 14.8 Å². The highest BCUT2D eigenvalue weighted by atomic mass is 32.2. The molecule has 0 atom stereocenters. The smallest absolute Gasteiger partial charge is 0.269 e. The summed E-state index contributed by atoms with van der Waals surface area (Å²) in [6.07, 6.45) is 1.42. The van der Waals surface area contributed by atoms with Crippen LogP contribution in [0.4, 0.5) is 0 Å². The monoisotopic (exact) mass is 373 g/mol. The first kappa shape index (κ1) is 19.4. The molecule has 3 N–H and O–H groups in total. The van der Waals surface area contributed by atoms with E-state index >= 15 is 0 Å². The Hall–Kier alpha value is -2.97. The van der Waals surface area contributed by atoms with Crippen LogP contribution in [0.2, 0.25) is 0 Å². The van der Waals surface area contributed by atoms with Crippen molar-refractivity contribution in [3.63, 3.8) is 0 Å². The maximum absolute atomic E-state index is 11.8. The van der Waals surface area contributed by atoms with E-state index in [1.807, 2.05) is 13.0 Å². The molecule has 0 bridgehead atoms. The van der Waals surface area contributed by atoms with Crippen molar-refractivity contribution in [1.82, 2.24) is 15.6 Å². The number of rotatable bonds is 6. The van der Waals surface area contributed by atoms with Gasteiger partial charge in [-0.1, -0.05) is 48.0 Å². The third-order valence-corrected chi connectivity index (χ3v) is 4.34. The van der Waals surface area contributed by atoms with Crippen LogP contribution < -0.4 is 15.6 Å². The molecule has 0 spiro atoms. The van der Waals surface area contributed by atoms with E-state index in [9.17, 15) is 18.0 Å². The Labute approximate surface area is 152 Å². The second-order valence-corrected chi connectivity index (χ2v) is 7.10. The lowest BCUT2D eigenvalue weighted by molar-refractivity contribution is -0.120. The number of hydrogen-bond donors (Lipinski definition) is 3. The second kappa shape index (κ2) is 8.93. The molecule has 2 aromatic rings. The van der Waals surface area contributed by atoms with Crippen LogP contribution >= 0.6 is 0 Å². The van der Waals surface area contributed by atoms with Crippen molar-refractivity contribution in [2.45, 2.75) is 6.92 Å². The molecule has 0 aliphatic heterocycles. The Kier molecular flexibility index (Phi) is 6.65. The molecule has 0 aliphatic carbocycles. The summed E-state index contributed by atoms with van der Waals surface area (Å²) in [7, 11) is -3.77. The van der Waals surface area contributed by atoms with Gasteiger partial charge in [-0.05, 0) is 30.7 Å². The zero-order valence-electron chi connectivity index (χ0n) is 14.1. The summed E-state index contributed by atoms with van der Waals surface area (Å²) in [4.78, 5) is 23.5. The van der Waals surface area contributed by atoms with Gasteiger partial charge in [0, 0.05) is 11.0 Å². The van der Waals surface area contributed by atoms with Crippen molar-refractivity contribution in [2.24, 2.45) is 0 Å². The van der Waals surface area contributed by atoms with Gasteiger partial charge in [0.25, 0.3) is 11.8 Å². The van der Waals surface area contributed by atoms with E-state index in [0.29, 0.717) is 11.1 Å². The van der Waals surface area contributed by atoms with Crippen LogP contribution in [0, 0.1) is 6.92 Å². The van der Waals surface area contributed by atoms with Crippen molar-refractivity contribution in [3.05, 3.63) is 76.7 Å². The molecular weight excluding hydrogens is 354 g/mol. The number of nitrogens with one attached hydrogen (secondary N) is 3. The summed E-state index contributed by atoms with van der Waals surface area (Å²) < 4.78 is 25.8. The predicted octanol–water partition coefficient (Wildman–Crippen LogP) is 1.35. The zero-order valence-corrected chi connectivity index (χ0v) is 14.9. The van der Waals surface area contributed by atoms with Gasteiger partial charge in [0.05, 0.1) is 6.54 Å². The van der Waals surface area contributed by atoms with Gasteiger partial charge in [-0.15, -0.1) is 0 Å². The minimum absolute atomic E-state index is 0.377. The molecule has 8 heteroatoms. The van der Waals surface area contributed by atoms with Crippen LogP contribution in [0.25, 0.3) is 6.08 Å². The first-order valence-corrected chi connectivity index (χ1v) is 9.29. The summed E-state index contributed by atoms with van der Waals surface area (Å²) in [5, 5.41) is 0.973. The maximum Gasteiger partial charge on any atom is 0.269 e. The van der Waals surface area contributed by atoms with Crippen LogP contribution in [0.3, 0.4) is 0 Å². The Morgan fingerprint density at radius 3 is 2.27 bits per heavy atom. The zero-order chi connectivity index (χ0) is 19.0. The molecule has 26 heavy (non-hydrogen) atoms. The summed E-state index contributed by atoms with van der Waals surface area (Å²) in [5.74, 6) is -1.19. The average molecular weight is 373 g/mol. The van der Waals surface area contributed by atoms with E-state index in [0.717, 1.165) is 11.0 Å². The quantitative estimate of drug-likeness (QED) is 0.665. The van der Waals surface area contributed by atoms with E-state index in [-0.39, 0.29) is 0 Å². The van der Waals surface area contributed by atoms with Crippen molar-refractivity contribution < 1.29 is 18.0 Å². The lowest BCUT2D eigenvalue weighted by Gasteiger charge is -2.08. The molecule has 0 aliphatic rings. The van der Waals surface area contributed by atoms with Gasteiger partial charge >= 0.3 is 0 Å². The Bertz CT molecular complexity index is 892. The van der Waals surface area contributed by atoms with Crippen LogP contribution in [0.5, 0.6) is 0 Å². The van der Waals surface area contributed by atoms with Crippen molar-refractivity contribution >= 4 is 27.9 Å². The second-order valence-electron chi connectivity index (χ2n) is 5.45. The van der Waals surface area contributed by atoms with Gasteiger partial charge in [-0.2, -0.15) is 0 Å². The molecule has 7 nitrogen and oxygen atoms in total. The standard InChI is InChI=1S/C18H19N3O4S/c1-14-7-9-16(10-8-14)18(23)21-20-17(22)13-19-26(24,25)12-11-15-5-3-2-4-6-15/h2-12,19H,13H2,1H3,(H,20,22)(H,21,23). The lowest BCUT2D eigenvalue weighted by Crippen LogP contribution is -2.46. The third-order valence-electron chi connectivity index (χ3n) is 3.30. The molecule has 0 radical (unpaired) electrons. The van der Waals surface area contributed by atoms with Gasteiger partial charge in [-0.25, -0.2) is 13.1 Å². The molecule has 0 heterocycles. The summed E-state index contributed by atoms with van der Waals surface area (Å²) in [5.41, 5.74) is 6.47. The van der Waals surface area contributed by atoms with E-state index in [1.165, 1.54) is 6.08 Å². The number of carbonyl (C=O) groups is 2. The molecular formula is C18H19N3O4S. The minimum atomic E-state index is -3.77.